The van der Waals surface area contributed by atoms with Gasteiger partial charge in [0, 0.05) is 5.88 Å². The van der Waals surface area contributed by atoms with E-state index in [1.165, 1.54) is 17.0 Å². The molecule has 0 atom stereocenters. The summed E-state index contributed by atoms with van der Waals surface area (Å²) in [6, 6.07) is 5.90. The van der Waals surface area contributed by atoms with Crippen molar-refractivity contribution in [3.8, 4) is 0 Å². The minimum absolute atomic E-state index is 0.00358. The first kappa shape index (κ1) is 10.5. The zero-order valence-electron chi connectivity index (χ0n) is 6.57. The van der Waals surface area contributed by atoms with Crippen molar-refractivity contribution in [1.29, 1.82) is 0 Å². The van der Waals surface area contributed by atoms with E-state index in [4.69, 9.17) is 16.8 Å². The molecule has 6 heteroatoms. The predicted octanol–water partition coefficient (Wildman–Crippen LogP) is 1.09. The van der Waals surface area contributed by atoms with Crippen LogP contribution in [0.4, 0.5) is 0 Å². The lowest BCUT2D eigenvalue weighted by molar-refractivity contribution is 0.242. The Morgan fingerprint density at radius 2 is 1.85 bits per heavy atom. The average molecular weight is 222 g/mol. The Labute approximate surface area is 81.2 Å². The van der Waals surface area contributed by atoms with Gasteiger partial charge < -0.3 is 5.21 Å². The lowest BCUT2D eigenvalue weighted by Gasteiger charge is -2.01. The lowest BCUT2D eigenvalue weighted by atomic mass is 10.2. The summed E-state index contributed by atoms with van der Waals surface area (Å²) in [4.78, 5) is 1.24. The molecule has 0 aliphatic rings. The summed E-state index contributed by atoms with van der Waals surface area (Å²) in [5.74, 6) is 0.326. The van der Waals surface area contributed by atoms with E-state index in [1.807, 2.05) is 0 Å². The summed E-state index contributed by atoms with van der Waals surface area (Å²) in [7, 11) is -3.76. The number of sulfonamides is 1. The van der Waals surface area contributed by atoms with Crippen LogP contribution in [0.2, 0.25) is 0 Å². The van der Waals surface area contributed by atoms with E-state index in [0.717, 1.165) is 5.56 Å². The number of alkyl halides is 1. The van der Waals surface area contributed by atoms with E-state index in [2.05, 4.69) is 0 Å². The third-order valence-corrected chi connectivity index (χ3v) is 2.95. The van der Waals surface area contributed by atoms with E-state index >= 15 is 0 Å². The number of hydrogen-bond donors (Lipinski definition) is 2. The molecule has 0 heterocycles. The van der Waals surface area contributed by atoms with Crippen molar-refractivity contribution in [1.82, 2.24) is 4.89 Å². The maximum atomic E-state index is 11.0. The molecule has 0 aliphatic heterocycles. The predicted molar refractivity (Wildman–Crippen MR) is 48.1 cm³/mol. The van der Waals surface area contributed by atoms with Crippen molar-refractivity contribution < 1.29 is 13.6 Å². The minimum atomic E-state index is -3.76. The van der Waals surface area contributed by atoms with E-state index in [-0.39, 0.29) is 4.90 Å². The van der Waals surface area contributed by atoms with Gasteiger partial charge in [-0.2, -0.15) is 0 Å². The Morgan fingerprint density at radius 3 is 2.23 bits per heavy atom. The molecular weight excluding hydrogens is 214 g/mol. The van der Waals surface area contributed by atoms with Crippen LogP contribution in [0.15, 0.2) is 29.2 Å². The van der Waals surface area contributed by atoms with Gasteiger partial charge in [-0.25, -0.2) is 8.42 Å². The van der Waals surface area contributed by atoms with Crippen molar-refractivity contribution >= 4 is 21.6 Å². The van der Waals surface area contributed by atoms with Gasteiger partial charge in [0.2, 0.25) is 0 Å². The maximum Gasteiger partial charge on any atom is 0.262 e. The second-order valence-electron chi connectivity index (χ2n) is 2.37. The fraction of sp³-hybridized carbons (Fsp3) is 0.143. The fourth-order valence-corrected chi connectivity index (χ4v) is 1.59. The lowest BCUT2D eigenvalue weighted by Crippen LogP contribution is -2.19. The Bertz CT molecular complexity index is 373. The molecule has 0 spiro atoms. The Morgan fingerprint density at radius 1 is 1.31 bits per heavy atom. The monoisotopic (exact) mass is 221 g/mol. The summed E-state index contributed by atoms with van der Waals surface area (Å²) < 4.78 is 22.0. The van der Waals surface area contributed by atoms with Gasteiger partial charge in [0.05, 0.1) is 4.90 Å². The standard InChI is InChI=1S/C7H8ClNO3S/c8-5-6-1-3-7(4-2-6)13(11,12)9-10/h1-4,9-10H,5H2. The topological polar surface area (TPSA) is 66.4 Å². The maximum absolute atomic E-state index is 11.0. The quantitative estimate of drug-likeness (QED) is 0.593. The molecule has 0 amide bonds. The first-order chi connectivity index (χ1) is 6.10. The van der Waals surface area contributed by atoms with Gasteiger partial charge in [-0.15, -0.1) is 11.6 Å². The number of benzene rings is 1. The molecule has 0 unspecified atom stereocenters. The zero-order valence-corrected chi connectivity index (χ0v) is 8.14. The molecule has 0 fully saturated rings. The summed E-state index contributed by atoms with van der Waals surface area (Å²) >= 11 is 5.51. The van der Waals surface area contributed by atoms with Crippen molar-refractivity contribution in [2.24, 2.45) is 0 Å². The molecule has 0 radical (unpaired) electrons. The first-order valence-electron chi connectivity index (χ1n) is 3.41. The van der Waals surface area contributed by atoms with E-state index in [1.54, 1.807) is 12.1 Å². The number of halogens is 1. The van der Waals surface area contributed by atoms with Crippen LogP contribution in [0.1, 0.15) is 5.56 Å². The van der Waals surface area contributed by atoms with Crippen molar-refractivity contribution in [3.05, 3.63) is 29.8 Å². The molecule has 4 nitrogen and oxygen atoms in total. The first-order valence-corrected chi connectivity index (χ1v) is 5.43. The molecule has 0 saturated heterocycles. The van der Waals surface area contributed by atoms with Gasteiger partial charge in [-0.1, -0.05) is 17.0 Å². The highest BCUT2D eigenvalue weighted by Crippen LogP contribution is 2.11. The molecule has 0 aromatic heterocycles. The molecule has 72 valence electrons. The Kier molecular flexibility index (Phi) is 3.27. The number of rotatable bonds is 3. The summed E-state index contributed by atoms with van der Waals surface area (Å²) in [5.41, 5.74) is 0.818. The van der Waals surface area contributed by atoms with Gasteiger partial charge >= 0.3 is 0 Å². The summed E-state index contributed by atoms with van der Waals surface area (Å²) in [6.07, 6.45) is 0. The third-order valence-electron chi connectivity index (χ3n) is 1.51. The van der Waals surface area contributed by atoms with Crippen LogP contribution in [-0.4, -0.2) is 13.6 Å². The highest BCUT2D eigenvalue weighted by atomic mass is 35.5. The SMILES string of the molecule is O=S(=O)(NO)c1ccc(CCl)cc1. The van der Waals surface area contributed by atoms with Crippen molar-refractivity contribution in [2.75, 3.05) is 0 Å². The van der Waals surface area contributed by atoms with Crippen LogP contribution < -0.4 is 4.89 Å². The number of nitrogens with one attached hydrogen (secondary N) is 1. The van der Waals surface area contributed by atoms with Gasteiger partial charge in [0.1, 0.15) is 0 Å². The molecule has 1 aromatic carbocycles. The molecule has 0 bridgehead atoms. The smallest absolute Gasteiger partial charge is 0.262 e. The molecule has 0 aliphatic carbocycles. The Balaban J connectivity index is 3.06. The normalized spacial score (nSPS) is 11.5. The van der Waals surface area contributed by atoms with Crippen LogP contribution >= 0.6 is 11.6 Å². The van der Waals surface area contributed by atoms with Crippen LogP contribution in [0, 0.1) is 0 Å². The summed E-state index contributed by atoms with van der Waals surface area (Å²) in [5, 5.41) is 8.31. The number of hydrogen-bond acceptors (Lipinski definition) is 3. The highest BCUT2D eigenvalue weighted by molar-refractivity contribution is 7.89. The van der Waals surface area contributed by atoms with Crippen molar-refractivity contribution in [3.63, 3.8) is 0 Å². The third kappa shape index (κ3) is 2.41. The van der Waals surface area contributed by atoms with Crippen LogP contribution in [0.3, 0.4) is 0 Å². The fourth-order valence-electron chi connectivity index (χ4n) is 0.810. The van der Waals surface area contributed by atoms with Gasteiger partial charge in [0.15, 0.2) is 0 Å². The molecule has 0 saturated carbocycles. The Hall–Kier alpha value is -0.620. The molecule has 1 rings (SSSR count). The van der Waals surface area contributed by atoms with Crippen molar-refractivity contribution in [2.45, 2.75) is 10.8 Å². The molecular formula is C7H8ClNO3S. The highest BCUT2D eigenvalue weighted by Gasteiger charge is 2.11. The average Bonchev–Trinajstić information content (AvgIpc) is 2.18. The minimum Gasteiger partial charge on any atom is -0.302 e. The van der Waals surface area contributed by atoms with Crippen LogP contribution in [0.25, 0.3) is 0 Å². The largest absolute Gasteiger partial charge is 0.302 e. The molecule has 2 N–H and O–H groups in total. The second kappa shape index (κ2) is 4.06. The van der Waals surface area contributed by atoms with E-state index < -0.39 is 10.0 Å². The van der Waals surface area contributed by atoms with Crippen LogP contribution in [-0.2, 0) is 15.9 Å². The van der Waals surface area contributed by atoms with Gasteiger partial charge in [0.25, 0.3) is 10.0 Å². The van der Waals surface area contributed by atoms with Gasteiger partial charge in [-0.3, -0.25) is 0 Å². The molecule has 13 heavy (non-hydrogen) atoms. The van der Waals surface area contributed by atoms with Crippen LogP contribution in [0.5, 0.6) is 0 Å². The van der Waals surface area contributed by atoms with E-state index in [9.17, 15) is 8.42 Å². The second-order valence-corrected chi connectivity index (χ2v) is 4.30. The molecule has 1 aromatic rings. The zero-order chi connectivity index (χ0) is 9.90. The van der Waals surface area contributed by atoms with E-state index in [0.29, 0.717) is 5.88 Å². The van der Waals surface area contributed by atoms with Gasteiger partial charge in [-0.05, 0) is 17.7 Å². The summed E-state index contributed by atoms with van der Waals surface area (Å²) in [6.45, 7) is 0.